The van der Waals surface area contributed by atoms with Gasteiger partial charge in [0.2, 0.25) is 5.91 Å². The molecule has 1 N–H and O–H groups in total. The van der Waals surface area contributed by atoms with E-state index in [0.717, 1.165) is 4.90 Å². The molecule has 1 aromatic carbocycles. The second-order valence-corrected chi connectivity index (χ2v) is 4.98. The Morgan fingerprint density at radius 1 is 1.23 bits per heavy atom. The molecule has 0 aromatic heterocycles. The van der Waals surface area contributed by atoms with Crippen LogP contribution in [0.4, 0.5) is 4.79 Å². The molecular formula is C15H16N2O5. The average molecular weight is 304 g/mol. The number of esters is 1. The van der Waals surface area contributed by atoms with E-state index in [1.807, 2.05) is 0 Å². The monoisotopic (exact) mass is 304 g/mol. The van der Waals surface area contributed by atoms with Crippen molar-refractivity contribution in [2.75, 3.05) is 6.73 Å². The third-order valence-corrected chi connectivity index (χ3v) is 3.59. The molecule has 1 saturated heterocycles. The summed E-state index contributed by atoms with van der Waals surface area (Å²) in [5.41, 5.74) is -1.09. The van der Waals surface area contributed by atoms with E-state index < -0.39 is 36.0 Å². The summed E-state index contributed by atoms with van der Waals surface area (Å²) in [5.74, 6) is -1.97. The summed E-state index contributed by atoms with van der Waals surface area (Å²) >= 11 is 0. The number of barbiturate groups is 1. The lowest BCUT2D eigenvalue weighted by molar-refractivity contribution is -0.154. The number of rotatable bonds is 4. The quantitative estimate of drug-likeness (QED) is 0.660. The predicted molar refractivity (Wildman–Crippen MR) is 75.4 cm³/mol. The molecule has 7 heteroatoms. The molecule has 1 aliphatic heterocycles. The highest BCUT2D eigenvalue weighted by atomic mass is 16.5. The average Bonchev–Trinajstić information content (AvgIpc) is 2.53. The topological polar surface area (TPSA) is 92.8 Å². The van der Waals surface area contributed by atoms with E-state index in [4.69, 9.17) is 4.74 Å². The van der Waals surface area contributed by atoms with Gasteiger partial charge in [0.15, 0.2) is 12.1 Å². The number of imide groups is 2. The molecule has 116 valence electrons. The van der Waals surface area contributed by atoms with Crippen LogP contribution in [0, 0.1) is 0 Å². The van der Waals surface area contributed by atoms with Crippen LogP contribution in [0.25, 0.3) is 0 Å². The Balaban J connectivity index is 2.31. The number of nitrogens with one attached hydrogen (secondary N) is 1. The maximum atomic E-state index is 12.6. The molecule has 1 atom stereocenters. The zero-order valence-corrected chi connectivity index (χ0v) is 12.3. The second-order valence-electron chi connectivity index (χ2n) is 4.98. The first-order valence-electron chi connectivity index (χ1n) is 6.79. The summed E-state index contributed by atoms with van der Waals surface area (Å²) in [5, 5.41) is 2.13. The normalized spacial score (nSPS) is 21.5. The molecule has 4 amide bonds. The van der Waals surface area contributed by atoms with Crippen LogP contribution in [-0.2, 0) is 24.5 Å². The number of carbonyl (C=O) groups excluding carboxylic acids is 4. The van der Waals surface area contributed by atoms with Gasteiger partial charge in [0.05, 0.1) is 0 Å². The Bertz CT molecular complexity index is 628. The van der Waals surface area contributed by atoms with Crippen molar-refractivity contribution in [3.8, 4) is 0 Å². The van der Waals surface area contributed by atoms with Crippen LogP contribution in [0.5, 0.6) is 0 Å². The molecule has 0 spiro atoms. The number of nitrogens with zero attached hydrogens (tertiary/aromatic N) is 1. The van der Waals surface area contributed by atoms with Crippen molar-refractivity contribution in [1.29, 1.82) is 0 Å². The van der Waals surface area contributed by atoms with Gasteiger partial charge >= 0.3 is 12.0 Å². The highest BCUT2D eigenvalue weighted by Crippen LogP contribution is 2.29. The zero-order valence-electron chi connectivity index (χ0n) is 12.3. The van der Waals surface area contributed by atoms with Crippen molar-refractivity contribution >= 4 is 23.8 Å². The minimum Gasteiger partial charge on any atom is -0.444 e. The van der Waals surface area contributed by atoms with Crippen LogP contribution in [0.3, 0.4) is 0 Å². The molecule has 0 bridgehead atoms. The van der Waals surface area contributed by atoms with Gasteiger partial charge in [-0.15, -0.1) is 0 Å². The molecule has 0 radical (unpaired) electrons. The standard InChI is InChI=1S/C15H16N2O5/c1-3-11(18)22-9-17-13(20)15(2,12(19)16-14(17)21)10-7-5-4-6-8-10/h4-8H,3,9H2,1-2H3,(H,16,19,21)/t15-/m1/s1. The molecule has 1 aliphatic rings. The fourth-order valence-electron chi connectivity index (χ4n) is 2.13. The fraction of sp³-hybridized carbons (Fsp3) is 0.333. The largest absolute Gasteiger partial charge is 0.444 e. The van der Waals surface area contributed by atoms with Crippen molar-refractivity contribution in [1.82, 2.24) is 10.2 Å². The predicted octanol–water partition coefficient (Wildman–Crippen LogP) is 0.933. The summed E-state index contributed by atoms with van der Waals surface area (Å²) in [6, 6.07) is 7.50. The smallest absolute Gasteiger partial charge is 0.333 e. The third kappa shape index (κ3) is 2.57. The highest BCUT2D eigenvalue weighted by Gasteiger charge is 2.51. The van der Waals surface area contributed by atoms with Crippen molar-refractivity contribution in [3.05, 3.63) is 35.9 Å². The second kappa shape index (κ2) is 5.97. The molecule has 1 fully saturated rings. The number of benzene rings is 1. The lowest BCUT2D eigenvalue weighted by Gasteiger charge is -2.36. The Hall–Kier alpha value is -2.70. The van der Waals surface area contributed by atoms with Crippen LogP contribution in [0.2, 0.25) is 0 Å². The van der Waals surface area contributed by atoms with Crippen LogP contribution in [0.15, 0.2) is 30.3 Å². The minimum absolute atomic E-state index is 0.124. The third-order valence-electron chi connectivity index (χ3n) is 3.59. The SMILES string of the molecule is CCC(=O)OCN1C(=O)NC(=O)[C@@](C)(c2ccccc2)C1=O. The Labute approximate surface area is 127 Å². The van der Waals surface area contributed by atoms with Crippen molar-refractivity contribution < 1.29 is 23.9 Å². The van der Waals surface area contributed by atoms with E-state index in [-0.39, 0.29) is 6.42 Å². The maximum Gasteiger partial charge on any atom is 0.333 e. The summed E-state index contributed by atoms with van der Waals surface area (Å²) in [6.07, 6.45) is 0.124. The van der Waals surface area contributed by atoms with E-state index >= 15 is 0 Å². The van der Waals surface area contributed by atoms with E-state index in [2.05, 4.69) is 5.32 Å². The molecule has 1 heterocycles. The molecule has 0 aliphatic carbocycles. The fourth-order valence-corrected chi connectivity index (χ4v) is 2.13. The number of amides is 4. The van der Waals surface area contributed by atoms with E-state index in [9.17, 15) is 19.2 Å². The summed E-state index contributed by atoms with van der Waals surface area (Å²) in [6.45, 7) is 2.51. The zero-order chi connectivity index (χ0) is 16.3. The van der Waals surface area contributed by atoms with E-state index in [0.29, 0.717) is 5.56 Å². The molecular weight excluding hydrogens is 288 g/mol. The van der Waals surface area contributed by atoms with Crippen LogP contribution in [-0.4, -0.2) is 35.4 Å². The number of hydrogen-bond acceptors (Lipinski definition) is 5. The first-order valence-corrected chi connectivity index (χ1v) is 6.79. The Morgan fingerprint density at radius 3 is 2.45 bits per heavy atom. The van der Waals surface area contributed by atoms with Crippen molar-refractivity contribution in [3.63, 3.8) is 0 Å². The number of urea groups is 1. The first kappa shape index (κ1) is 15.7. The van der Waals surface area contributed by atoms with E-state index in [1.54, 1.807) is 37.3 Å². The van der Waals surface area contributed by atoms with Gasteiger partial charge in [0.25, 0.3) is 5.91 Å². The van der Waals surface area contributed by atoms with Crippen LogP contribution < -0.4 is 5.32 Å². The molecule has 7 nitrogen and oxygen atoms in total. The van der Waals surface area contributed by atoms with Crippen molar-refractivity contribution in [2.45, 2.75) is 25.7 Å². The van der Waals surface area contributed by atoms with Gasteiger partial charge < -0.3 is 4.74 Å². The lowest BCUT2D eigenvalue weighted by Crippen LogP contribution is -2.65. The van der Waals surface area contributed by atoms with Gasteiger partial charge in [-0.1, -0.05) is 37.3 Å². The molecule has 1 aromatic rings. The van der Waals surface area contributed by atoms with Gasteiger partial charge in [-0.3, -0.25) is 19.7 Å². The Kier molecular flexibility index (Phi) is 4.25. The van der Waals surface area contributed by atoms with Gasteiger partial charge in [-0.05, 0) is 12.5 Å². The maximum absolute atomic E-state index is 12.6. The summed E-state index contributed by atoms with van der Waals surface area (Å²) in [7, 11) is 0. The molecule has 0 saturated carbocycles. The van der Waals surface area contributed by atoms with Gasteiger partial charge in [0, 0.05) is 6.42 Å². The van der Waals surface area contributed by atoms with Gasteiger partial charge in [-0.2, -0.15) is 0 Å². The molecule has 2 rings (SSSR count). The summed E-state index contributed by atoms with van der Waals surface area (Å²) < 4.78 is 4.83. The van der Waals surface area contributed by atoms with Gasteiger partial charge in [-0.25, -0.2) is 9.69 Å². The van der Waals surface area contributed by atoms with Crippen LogP contribution in [0.1, 0.15) is 25.8 Å². The number of hydrogen-bond donors (Lipinski definition) is 1. The van der Waals surface area contributed by atoms with E-state index in [1.165, 1.54) is 6.92 Å². The van der Waals surface area contributed by atoms with Crippen molar-refractivity contribution in [2.24, 2.45) is 0 Å². The minimum atomic E-state index is -1.55. The molecule has 0 unspecified atom stereocenters. The lowest BCUT2D eigenvalue weighted by atomic mass is 9.79. The van der Waals surface area contributed by atoms with Gasteiger partial charge in [0.1, 0.15) is 0 Å². The Morgan fingerprint density at radius 2 is 1.86 bits per heavy atom. The van der Waals surface area contributed by atoms with Crippen LogP contribution >= 0.6 is 0 Å². The first-order chi connectivity index (χ1) is 10.4. The molecule has 22 heavy (non-hydrogen) atoms. The summed E-state index contributed by atoms with van der Waals surface area (Å²) in [4.78, 5) is 48.6. The number of carbonyl (C=O) groups is 4. The number of ether oxygens (including phenoxy) is 1. The highest BCUT2D eigenvalue weighted by molar-refractivity contribution is 6.22.